The number of aliphatic carboxylic acids is 1. The van der Waals surface area contributed by atoms with Crippen LogP contribution in [0.25, 0.3) is 23.0 Å². The van der Waals surface area contributed by atoms with Gasteiger partial charge in [0.1, 0.15) is 16.2 Å². The zero-order chi connectivity index (χ0) is 25.9. The fourth-order valence-corrected chi connectivity index (χ4v) is 5.40. The van der Waals surface area contributed by atoms with Crippen LogP contribution < -0.4 is 0 Å². The van der Waals surface area contributed by atoms with Crippen molar-refractivity contribution in [3.05, 3.63) is 113 Å². The molecule has 1 N–H and O–H groups in total. The highest BCUT2D eigenvalue weighted by Gasteiger charge is 2.40. The van der Waals surface area contributed by atoms with Crippen molar-refractivity contribution in [3.8, 4) is 16.9 Å². The second-order valence-electron chi connectivity index (χ2n) is 8.32. The van der Waals surface area contributed by atoms with Gasteiger partial charge in [-0.1, -0.05) is 72.5 Å². The Hall–Kier alpha value is -4.08. The van der Waals surface area contributed by atoms with E-state index in [1.165, 1.54) is 17.0 Å². The number of para-hydroxylation sites is 1. The van der Waals surface area contributed by atoms with Gasteiger partial charge in [-0.3, -0.25) is 9.69 Å². The van der Waals surface area contributed by atoms with Gasteiger partial charge in [0, 0.05) is 23.7 Å². The van der Waals surface area contributed by atoms with Crippen LogP contribution in [-0.2, 0) is 16.0 Å². The molecule has 37 heavy (non-hydrogen) atoms. The van der Waals surface area contributed by atoms with E-state index < -0.39 is 17.9 Å². The highest BCUT2D eigenvalue weighted by molar-refractivity contribution is 8.26. The lowest BCUT2D eigenvalue weighted by Gasteiger charge is -2.23. The van der Waals surface area contributed by atoms with Gasteiger partial charge in [0.15, 0.2) is 0 Å². The average Bonchev–Trinajstić information content (AvgIpc) is 3.44. The molecule has 5 rings (SSSR count). The number of carboxylic acid groups (broad SMARTS) is 1. The molecule has 1 fully saturated rings. The van der Waals surface area contributed by atoms with Crippen LogP contribution in [0.1, 0.15) is 11.1 Å². The van der Waals surface area contributed by atoms with Gasteiger partial charge in [0.2, 0.25) is 0 Å². The van der Waals surface area contributed by atoms with Crippen molar-refractivity contribution < 1.29 is 19.1 Å². The largest absolute Gasteiger partial charge is 0.480 e. The Kier molecular flexibility index (Phi) is 6.98. The molecule has 9 heteroatoms. The van der Waals surface area contributed by atoms with Crippen LogP contribution in [0.4, 0.5) is 4.39 Å². The Morgan fingerprint density at radius 1 is 1.03 bits per heavy atom. The Bertz CT molecular complexity index is 1500. The molecular formula is C28H20FN3O3S2. The minimum Gasteiger partial charge on any atom is -0.480 e. The summed E-state index contributed by atoms with van der Waals surface area (Å²) >= 11 is 6.50. The molecule has 184 valence electrons. The lowest BCUT2D eigenvalue weighted by Crippen LogP contribution is -2.45. The van der Waals surface area contributed by atoms with E-state index in [1.54, 1.807) is 29.1 Å². The number of nitrogens with zero attached hydrogens (tertiary/aromatic N) is 3. The van der Waals surface area contributed by atoms with Gasteiger partial charge in [-0.2, -0.15) is 5.10 Å². The van der Waals surface area contributed by atoms with Crippen LogP contribution in [0.15, 0.2) is 96.0 Å². The summed E-state index contributed by atoms with van der Waals surface area (Å²) in [5, 5.41) is 14.6. The number of halogens is 1. The highest BCUT2D eigenvalue weighted by Crippen LogP contribution is 2.36. The van der Waals surface area contributed by atoms with Crippen molar-refractivity contribution in [1.82, 2.24) is 14.7 Å². The maximum Gasteiger partial charge on any atom is 0.327 e. The van der Waals surface area contributed by atoms with E-state index in [-0.39, 0.29) is 16.6 Å². The van der Waals surface area contributed by atoms with Gasteiger partial charge in [-0.05, 0) is 48.0 Å². The maximum absolute atomic E-state index is 13.6. The lowest BCUT2D eigenvalue weighted by atomic mass is 10.0. The zero-order valence-electron chi connectivity index (χ0n) is 19.3. The number of carbonyl (C=O) groups is 2. The molecule has 0 radical (unpaired) electrons. The summed E-state index contributed by atoms with van der Waals surface area (Å²) in [4.78, 5) is 27.0. The molecule has 4 aromatic rings. The Labute approximate surface area is 222 Å². The van der Waals surface area contributed by atoms with Crippen molar-refractivity contribution in [3.63, 3.8) is 0 Å². The van der Waals surface area contributed by atoms with Crippen LogP contribution in [-0.4, -0.2) is 42.0 Å². The molecule has 0 bridgehead atoms. The minimum absolute atomic E-state index is 0.128. The monoisotopic (exact) mass is 529 g/mol. The molecule has 1 aliphatic heterocycles. The molecule has 1 aromatic heterocycles. The quantitative estimate of drug-likeness (QED) is 0.249. The first kappa shape index (κ1) is 24.6. The van der Waals surface area contributed by atoms with Crippen LogP contribution in [0.2, 0.25) is 0 Å². The average molecular weight is 530 g/mol. The summed E-state index contributed by atoms with van der Waals surface area (Å²) in [5.74, 6) is -1.98. The first-order chi connectivity index (χ1) is 17.9. The molecular weight excluding hydrogens is 509 g/mol. The third-order valence-corrected chi connectivity index (χ3v) is 7.19. The van der Waals surface area contributed by atoms with E-state index in [0.29, 0.717) is 21.7 Å². The van der Waals surface area contributed by atoms with Crippen LogP contribution in [0, 0.1) is 5.82 Å². The summed E-state index contributed by atoms with van der Waals surface area (Å²) in [5.41, 5.74) is 3.44. The van der Waals surface area contributed by atoms with Gasteiger partial charge >= 0.3 is 5.97 Å². The molecule has 2 heterocycles. The van der Waals surface area contributed by atoms with E-state index in [2.05, 4.69) is 0 Å². The van der Waals surface area contributed by atoms with Crippen molar-refractivity contribution in [1.29, 1.82) is 0 Å². The number of thioether (sulfide) groups is 1. The topological polar surface area (TPSA) is 75.4 Å². The Balaban J connectivity index is 1.52. The smallest absolute Gasteiger partial charge is 0.327 e. The molecule has 0 spiro atoms. The molecule has 3 aromatic carbocycles. The second kappa shape index (κ2) is 10.5. The molecule has 1 amide bonds. The molecule has 0 saturated carbocycles. The number of rotatable bonds is 7. The van der Waals surface area contributed by atoms with Crippen LogP contribution in [0.5, 0.6) is 0 Å². The van der Waals surface area contributed by atoms with Crippen molar-refractivity contribution in [2.75, 3.05) is 0 Å². The Morgan fingerprint density at radius 3 is 2.32 bits per heavy atom. The van der Waals surface area contributed by atoms with Crippen molar-refractivity contribution in [2.45, 2.75) is 12.5 Å². The number of carbonyl (C=O) groups excluding carboxylic acids is 1. The highest BCUT2D eigenvalue weighted by atomic mass is 32.2. The minimum atomic E-state index is -1.13. The molecule has 0 aliphatic carbocycles. The van der Waals surface area contributed by atoms with Crippen LogP contribution in [0.3, 0.4) is 0 Å². The number of hydrogen-bond donors (Lipinski definition) is 1. The first-order valence-electron chi connectivity index (χ1n) is 11.4. The number of aromatic nitrogens is 2. The van der Waals surface area contributed by atoms with Crippen molar-refractivity contribution >= 4 is 46.3 Å². The first-order valence-corrected chi connectivity index (χ1v) is 12.6. The van der Waals surface area contributed by atoms with E-state index in [9.17, 15) is 19.1 Å². The summed E-state index contributed by atoms with van der Waals surface area (Å²) in [6, 6.07) is 23.4. The van der Waals surface area contributed by atoms with Gasteiger partial charge in [-0.25, -0.2) is 13.9 Å². The molecule has 6 nitrogen and oxygen atoms in total. The third-order valence-electron chi connectivity index (χ3n) is 5.86. The van der Waals surface area contributed by atoms with E-state index in [1.807, 2.05) is 60.7 Å². The number of benzene rings is 3. The number of carboxylic acids is 1. The summed E-state index contributed by atoms with van der Waals surface area (Å²) < 4.78 is 15.4. The van der Waals surface area contributed by atoms with E-state index >= 15 is 0 Å². The van der Waals surface area contributed by atoms with E-state index in [0.717, 1.165) is 23.0 Å². The number of thiocarbonyl (C=S) groups is 1. The summed E-state index contributed by atoms with van der Waals surface area (Å²) in [7, 11) is 0. The Morgan fingerprint density at radius 2 is 1.68 bits per heavy atom. The maximum atomic E-state index is 13.6. The molecule has 1 aliphatic rings. The second-order valence-corrected chi connectivity index (χ2v) is 9.99. The normalized spacial score (nSPS) is 15.4. The SMILES string of the molecule is O=C(O)[C@@H](Cc1ccccc1)N1C(=O)/C(=C/c2cn(-c3ccccc3)nc2-c2ccc(F)cc2)SC1=S. The third kappa shape index (κ3) is 5.23. The molecule has 1 saturated heterocycles. The fourth-order valence-electron chi connectivity index (χ4n) is 4.05. The molecule has 0 unspecified atom stereocenters. The number of hydrogen-bond acceptors (Lipinski definition) is 5. The van der Waals surface area contributed by atoms with E-state index in [4.69, 9.17) is 17.3 Å². The lowest BCUT2D eigenvalue weighted by molar-refractivity contribution is -0.145. The van der Waals surface area contributed by atoms with Gasteiger partial charge < -0.3 is 5.11 Å². The van der Waals surface area contributed by atoms with Crippen LogP contribution >= 0.6 is 24.0 Å². The van der Waals surface area contributed by atoms with Crippen molar-refractivity contribution in [2.24, 2.45) is 0 Å². The van der Waals surface area contributed by atoms with Gasteiger partial charge in [0.25, 0.3) is 5.91 Å². The van der Waals surface area contributed by atoms with Gasteiger partial charge in [0.05, 0.1) is 16.3 Å². The van der Waals surface area contributed by atoms with Gasteiger partial charge in [-0.15, -0.1) is 0 Å². The standard InChI is InChI=1S/C28H20FN3O3S2/c29-21-13-11-19(12-14-21)25-20(17-31(30-25)22-9-5-2-6-10-22)16-24-26(33)32(28(36)37-24)23(27(34)35)15-18-7-3-1-4-8-18/h1-14,16-17,23H,15H2,(H,34,35)/b24-16-/t23-/m1/s1. The summed E-state index contributed by atoms with van der Waals surface area (Å²) in [6.45, 7) is 0. The predicted molar refractivity (Wildman–Crippen MR) is 146 cm³/mol. The number of amides is 1. The fraction of sp³-hybridized carbons (Fsp3) is 0.0714. The predicted octanol–water partition coefficient (Wildman–Crippen LogP) is 5.58. The zero-order valence-corrected chi connectivity index (χ0v) is 21.0. The molecule has 1 atom stereocenters. The summed E-state index contributed by atoms with van der Waals surface area (Å²) in [6.07, 6.45) is 3.56.